The van der Waals surface area contributed by atoms with E-state index in [4.69, 9.17) is 27.0 Å². The minimum absolute atomic E-state index is 0.00629. The molecule has 1 aromatic rings. The highest BCUT2D eigenvalue weighted by molar-refractivity contribution is 5.88. The van der Waals surface area contributed by atoms with Gasteiger partial charge >= 0.3 is 17.9 Å². The smallest absolute Gasteiger partial charge is 0.326 e. The molecule has 6 atom stereocenters. The van der Waals surface area contributed by atoms with Crippen LogP contribution in [0.2, 0.25) is 0 Å². The number of rotatable bonds is 14. The number of carbonyl (C=O) groups is 4. The number of nitrogens with two attached hydrogens (primary N) is 3. The summed E-state index contributed by atoms with van der Waals surface area (Å²) in [5.74, 6) is -2.30. The van der Waals surface area contributed by atoms with Gasteiger partial charge in [0.1, 0.15) is 18.1 Å². The first-order chi connectivity index (χ1) is 20.0. The molecule has 0 bridgehead atoms. The van der Waals surface area contributed by atoms with Gasteiger partial charge in [-0.1, -0.05) is 36.8 Å². The molecule has 1 saturated carbocycles. The highest BCUT2D eigenvalue weighted by Gasteiger charge is 2.49. The van der Waals surface area contributed by atoms with Crippen molar-refractivity contribution in [2.24, 2.45) is 28.1 Å². The van der Waals surface area contributed by atoms with Crippen molar-refractivity contribution < 1.29 is 34.1 Å². The Kier molecular flexibility index (Phi) is 14.2. The predicted octanol–water partition coefficient (Wildman–Crippen LogP) is 0.835. The summed E-state index contributed by atoms with van der Waals surface area (Å²) in [6.45, 7) is 4.14. The number of nitrogens with zero attached hydrogens (tertiary/aromatic N) is 2. The Morgan fingerprint density at radius 3 is 2.40 bits per heavy atom. The van der Waals surface area contributed by atoms with Crippen molar-refractivity contribution in [3.63, 3.8) is 0 Å². The number of guanidine groups is 1. The molecular weight excluding hydrogens is 544 g/mol. The van der Waals surface area contributed by atoms with Crippen LogP contribution in [0.15, 0.2) is 35.3 Å². The second kappa shape index (κ2) is 17.3. The summed E-state index contributed by atoms with van der Waals surface area (Å²) >= 11 is 0. The van der Waals surface area contributed by atoms with Gasteiger partial charge in [-0.25, -0.2) is 4.79 Å². The van der Waals surface area contributed by atoms with E-state index in [1.54, 1.807) is 18.7 Å². The Labute approximate surface area is 246 Å². The molecule has 0 aromatic heterocycles. The van der Waals surface area contributed by atoms with Crippen LogP contribution in [-0.2, 0) is 30.3 Å². The molecule has 13 nitrogen and oxygen atoms in total. The highest BCUT2D eigenvalue weighted by atomic mass is 16.5. The zero-order valence-electron chi connectivity index (χ0n) is 24.5. The lowest BCUT2D eigenvalue weighted by Gasteiger charge is -2.31. The first kappa shape index (κ1) is 34.5. The Bertz CT molecular complexity index is 1070. The number of benzene rings is 1. The fraction of sp³-hybridized carbons (Fsp3) is 0.621. The number of amides is 1. The third-order valence-electron chi connectivity index (χ3n) is 7.62. The number of nitrogens with one attached hydrogen (secondary N) is 1. The Hall–Kier alpha value is -3.71. The standard InChI is InChI=1S/C23H32N2O5.C6H14N4O2/c1-3-30-23(29)18(13-12-16-8-5-4-6-9-16)24-15(2)21(26)25-19-11-7-10-17(19)14-20(25)22(27)28;7-4(5(11)12)2-1-3-10-6(8)9/h4-6,8-9,15,17-20,24H,3,7,10-14H2,1-2H3,(H,27,28);4H,1-3,7H2,(H,11,12)(H4,8,9,10)/t15-,17-,18-,19-,20-;4-/m00/s1. The number of likely N-dealkylation sites (tertiary alicyclic amines) is 1. The molecule has 3 rings (SSSR count). The highest BCUT2D eigenvalue weighted by Crippen LogP contribution is 2.41. The number of aliphatic carboxylic acids is 2. The third kappa shape index (κ3) is 10.6. The first-order valence-electron chi connectivity index (χ1n) is 14.5. The van der Waals surface area contributed by atoms with Crippen molar-refractivity contribution in [3.8, 4) is 0 Å². The maximum Gasteiger partial charge on any atom is 0.326 e. The van der Waals surface area contributed by atoms with Gasteiger partial charge in [-0.3, -0.25) is 24.7 Å². The van der Waals surface area contributed by atoms with E-state index in [2.05, 4.69) is 10.3 Å². The number of hydrogen-bond donors (Lipinski definition) is 6. The summed E-state index contributed by atoms with van der Waals surface area (Å²) in [7, 11) is 0. The van der Waals surface area contributed by atoms with Crippen molar-refractivity contribution in [2.75, 3.05) is 13.2 Å². The third-order valence-corrected chi connectivity index (χ3v) is 7.62. The lowest BCUT2D eigenvalue weighted by atomic mass is 10.0. The van der Waals surface area contributed by atoms with E-state index in [0.29, 0.717) is 38.6 Å². The van der Waals surface area contributed by atoms with Crippen LogP contribution in [0, 0.1) is 5.92 Å². The second-order valence-corrected chi connectivity index (χ2v) is 10.7. The van der Waals surface area contributed by atoms with E-state index in [1.807, 2.05) is 30.3 Å². The minimum Gasteiger partial charge on any atom is -0.480 e. The van der Waals surface area contributed by atoms with Crippen LogP contribution in [0.5, 0.6) is 0 Å². The Morgan fingerprint density at radius 2 is 1.81 bits per heavy atom. The molecule has 1 aromatic carbocycles. The molecular formula is C29H46N6O7. The lowest BCUT2D eigenvalue weighted by molar-refractivity contribution is -0.151. The number of carbonyl (C=O) groups excluding carboxylic acids is 2. The molecule has 1 aliphatic carbocycles. The van der Waals surface area contributed by atoms with Gasteiger partial charge in [-0.2, -0.15) is 0 Å². The number of carboxylic acids is 2. The van der Waals surface area contributed by atoms with Crippen molar-refractivity contribution in [1.82, 2.24) is 10.2 Å². The summed E-state index contributed by atoms with van der Waals surface area (Å²) in [4.78, 5) is 53.0. The Morgan fingerprint density at radius 1 is 1.12 bits per heavy atom. The predicted molar refractivity (Wildman–Crippen MR) is 157 cm³/mol. The molecule has 0 unspecified atom stereocenters. The molecule has 2 fully saturated rings. The zero-order valence-corrected chi connectivity index (χ0v) is 24.5. The van der Waals surface area contributed by atoms with Gasteiger partial charge in [-0.15, -0.1) is 0 Å². The van der Waals surface area contributed by atoms with E-state index in [0.717, 1.165) is 24.8 Å². The molecule has 1 saturated heterocycles. The van der Waals surface area contributed by atoms with Crippen molar-refractivity contribution in [1.29, 1.82) is 0 Å². The average molecular weight is 591 g/mol. The fourth-order valence-electron chi connectivity index (χ4n) is 5.53. The van der Waals surface area contributed by atoms with Gasteiger partial charge in [0.2, 0.25) is 5.91 Å². The van der Waals surface area contributed by atoms with Crippen LogP contribution in [0.3, 0.4) is 0 Å². The van der Waals surface area contributed by atoms with E-state index < -0.39 is 36.1 Å². The summed E-state index contributed by atoms with van der Waals surface area (Å²) in [5, 5.41) is 21.1. The van der Waals surface area contributed by atoms with Crippen LogP contribution in [-0.4, -0.2) is 88.2 Å². The number of fused-ring (bicyclic) bond motifs is 1. The molecule has 42 heavy (non-hydrogen) atoms. The fourth-order valence-corrected chi connectivity index (χ4v) is 5.53. The summed E-state index contributed by atoms with van der Waals surface area (Å²) in [5.41, 5.74) is 16.4. The molecule has 9 N–H and O–H groups in total. The topological polar surface area (TPSA) is 224 Å². The monoisotopic (exact) mass is 590 g/mol. The van der Waals surface area contributed by atoms with Crippen LogP contribution in [0.4, 0.5) is 0 Å². The van der Waals surface area contributed by atoms with Gasteiger partial charge in [0.15, 0.2) is 5.96 Å². The molecule has 234 valence electrons. The molecule has 0 radical (unpaired) electrons. The quantitative estimate of drug-likeness (QED) is 0.0770. The van der Waals surface area contributed by atoms with Crippen molar-refractivity contribution in [2.45, 2.75) is 95.4 Å². The van der Waals surface area contributed by atoms with Crippen LogP contribution in [0.1, 0.15) is 64.4 Å². The largest absolute Gasteiger partial charge is 0.480 e. The number of esters is 1. The van der Waals surface area contributed by atoms with Gasteiger partial charge in [0.05, 0.1) is 12.6 Å². The second-order valence-electron chi connectivity index (χ2n) is 10.7. The number of carboxylic acid groups (broad SMARTS) is 2. The minimum atomic E-state index is -1.00. The molecule has 2 aliphatic rings. The van der Waals surface area contributed by atoms with Crippen molar-refractivity contribution >= 4 is 29.8 Å². The molecule has 1 heterocycles. The summed E-state index contributed by atoms with van der Waals surface area (Å²) in [6, 6.07) is 6.94. The van der Waals surface area contributed by atoms with Gasteiger partial charge in [0, 0.05) is 12.6 Å². The maximum atomic E-state index is 13.2. The normalized spacial score (nSPS) is 21.2. The van der Waals surface area contributed by atoms with Gasteiger partial charge in [0.25, 0.3) is 0 Å². The average Bonchev–Trinajstić information content (AvgIpc) is 3.55. The van der Waals surface area contributed by atoms with E-state index in [9.17, 15) is 24.3 Å². The maximum absolute atomic E-state index is 13.2. The van der Waals surface area contributed by atoms with E-state index in [1.165, 1.54) is 0 Å². The SMILES string of the molecule is CCOC(=O)[C@H](CCc1ccccc1)N[C@@H](C)C(=O)N1[C@H](C(=O)O)C[C@@H]2CCC[C@@H]21.NC(N)=NCCC[C@H](N)C(=O)O. The van der Waals surface area contributed by atoms with E-state index >= 15 is 0 Å². The number of aliphatic imine (C=N–C) groups is 1. The molecule has 1 amide bonds. The zero-order chi connectivity index (χ0) is 31.2. The number of hydrogen-bond acceptors (Lipinski definition) is 8. The molecule has 0 spiro atoms. The van der Waals surface area contributed by atoms with Crippen LogP contribution < -0.4 is 22.5 Å². The first-order valence-corrected chi connectivity index (χ1v) is 14.5. The van der Waals surface area contributed by atoms with Crippen LogP contribution >= 0.6 is 0 Å². The van der Waals surface area contributed by atoms with Crippen molar-refractivity contribution in [3.05, 3.63) is 35.9 Å². The molecule has 13 heteroatoms. The summed E-state index contributed by atoms with van der Waals surface area (Å²) < 4.78 is 5.21. The number of aryl methyl sites for hydroxylation is 1. The summed E-state index contributed by atoms with van der Waals surface area (Å²) in [6.07, 6.45) is 5.49. The van der Waals surface area contributed by atoms with Gasteiger partial charge < -0.3 is 37.1 Å². The number of ether oxygens (including phenoxy) is 1. The lowest BCUT2D eigenvalue weighted by Crippen LogP contribution is -2.55. The van der Waals surface area contributed by atoms with E-state index in [-0.39, 0.29) is 36.4 Å². The van der Waals surface area contributed by atoms with Gasteiger partial charge in [-0.05, 0) is 70.3 Å². The van der Waals surface area contributed by atoms with Crippen LogP contribution in [0.25, 0.3) is 0 Å². The Balaban J connectivity index is 0.000000435. The molecule has 1 aliphatic heterocycles.